The molecule has 1 aliphatic heterocycles. The van der Waals surface area contributed by atoms with E-state index >= 15 is 0 Å². The van der Waals surface area contributed by atoms with Crippen molar-refractivity contribution in [1.82, 2.24) is 10.6 Å². The number of halogens is 1. The second-order valence-electron chi connectivity index (χ2n) is 5.08. The van der Waals surface area contributed by atoms with Crippen molar-refractivity contribution >= 4 is 28.8 Å². The van der Waals surface area contributed by atoms with Gasteiger partial charge in [-0.25, -0.2) is 0 Å². The first kappa shape index (κ1) is 12.5. The first-order chi connectivity index (χ1) is 8.72. The fourth-order valence-electron chi connectivity index (χ4n) is 2.85. The predicted octanol–water partition coefficient (Wildman–Crippen LogP) is 2.65. The van der Waals surface area contributed by atoms with Gasteiger partial charge in [-0.2, -0.15) is 0 Å². The average Bonchev–Trinajstić information content (AvgIpc) is 2.73. The summed E-state index contributed by atoms with van der Waals surface area (Å²) in [6.07, 6.45) is 5.13. The number of aryl methyl sites for hydroxylation is 1. The topological polar surface area (TPSA) is 41.1 Å². The van der Waals surface area contributed by atoms with E-state index in [1.807, 2.05) is 0 Å². The Kier molecular flexibility index (Phi) is 3.59. The summed E-state index contributed by atoms with van der Waals surface area (Å²) < 4.78 is 0.894. The van der Waals surface area contributed by atoms with Gasteiger partial charge in [0.15, 0.2) is 0 Å². The van der Waals surface area contributed by atoms with Crippen LogP contribution in [0.2, 0.25) is 4.34 Å². The molecule has 0 aromatic carbocycles. The van der Waals surface area contributed by atoms with Crippen LogP contribution in [0.15, 0.2) is 6.07 Å². The molecule has 0 bridgehead atoms. The van der Waals surface area contributed by atoms with Crippen LogP contribution in [0.4, 0.5) is 0 Å². The minimum absolute atomic E-state index is 0.177. The third-order valence-electron chi connectivity index (χ3n) is 3.79. The molecular weight excluding hydrogens is 268 g/mol. The number of piperidine rings is 1. The lowest BCUT2D eigenvalue weighted by atomic mass is 9.92. The Morgan fingerprint density at radius 1 is 1.39 bits per heavy atom. The van der Waals surface area contributed by atoms with Crippen LogP contribution >= 0.6 is 22.9 Å². The zero-order valence-electron chi connectivity index (χ0n) is 10.2. The molecule has 1 aliphatic carbocycles. The van der Waals surface area contributed by atoms with Crippen LogP contribution < -0.4 is 10.6 Å². The van der Waals surface area contributed by atoms with Crippen LogP contribution in [0.5, 0.6) is 0 Å². The van der Waals surface area contributed by atoms with E-state index in [0.717, 1.165) is 23.7 Å². The molecule has 3 nitrogen and oxygen atoms in total. The standard InChI is InChI=1S/C13H17ClN2OS/c14-12-6-9-10(2-1-3-11(9)18-12)16-8-4-5-13(17)15-7-8/h6,8,10,16H,1-5,7H2,(H,15,17). The molecule has 2 N–H and O–H groups in total. The Bertz CT molecular complexity index is 450. The highest BCUT2D eigenvalue weighted by Gasteiger charge is 2.26. The highest BCUT2D eigenvalue weighted by atomic mass is 35.5. The van der Waals surface area contributed by atoms with Crippen molar-refractivity contribution in [3.05, 3.63) is 20.8 Å². The number of hydrogen-bond donors (Lipinski definition) is 2. The molecule has 5 heteroatoms. The van der Waals surface area contributed by atoms with E-state index in [1.165, 1.54) is 23.3 Å². The van der Waals surface area contributed by atoms with Crippen molar-refractivity contribution in [2.24, 2.45) is 0 Å². The van der Waals surface area contributed by atoms with Crippen molar-refractivity contribution in [2.75, 3.05) is 6.54 Å². The molecule has 2 aliphatic rings. The van der Waals surface area contributed by atoms with E-state index in [2.05, 4.69) is 16.7 Å². The minimum atomic E-state index is 0.177. The van der Waals surface area contributed by atoms with Gasteiger partial charge in [-0.15, -0.1) is 11.3 Å². The fourth-order valence-corrected chi connectivity index (χ4v) is 4.24. The van der Waals surface area contributed by atoms with Gasteiger partial charge in [0.05, 0.1) is 4.34 Å². The number of rotatable bonds is 2. The third kappa shape index (κ3) is 2.56. The Balaban J connectivity index is 1.68. The molecule has 2 unspecified atom stereocenters. The lowest BCUT2D eigenvalue weighted by molar-refractivity contribution is -0.122. The second kappa shape index (κ2) is 5.19. The summed E-state index contributed by atoms with van der Waals surface area (Å²) in [4.78, 5) is 12.6. The van der Waals surface area contributed by atoms with Crippen LogP contribution in [0.25, 0.3) is 0 Å². The number of nitrogens with one attached hydrogen (secondary N) is 2. The number of carbonyl (C=O) groups excluding carboxylic acids is 1. The monoisotopic (exact) mass is 284 g/mol. The average molecular weight is 285 g/mol. The minimum Gasteiger partial charge on any atom is -0.355 e. The fraction of sp³-hybridized carbons (Fsp3) is 0.615. The Hall–Kier alpha value is -0.580. The predicted molar refractivity (Wildman–Crippen MR) is 74.2 cm³/mol. The van der Waals surface area contributed by atoms with Crippen LogP contribution in [0.3, 0.4) is 0 Å². The second-order valence-corrected chi connectivity index (χ2v) is 6.85. The summed E-state index contributed by atoms with van der Waals surface area (Å²) >= 11 is 7.82. The molecule has 1 amide bonds. The van der Waals surface area contributed by atoms with E-state index in [1.54, 1.807) is 11.3 Å². The lowest BCUT2D eigenvalue weighted by Gasteiger charge is -2.31. The Labute approximate surface area is 116 Å². The maximum Gasteiger partial charge on any atom is 0.220 e. The van der Waals surface area contributed by atoms with E-state index in [-0.39, 0.29) is 5.91 Å². The molecule has 0 saturated carbocycles. The van der Waals surface area contributed by atoms with Crippen LogP contribution in [-0.4, -0.2) is 18.5 Å². The number of thiophene rings is 1. The zero-order chi connectivity index (χ0) is 12.5. The van der Waals surface area contributed by atoms with Crippen molar-refractivity contribution in [3.63, 3.8) is 0 Å². The molecule has 3 rings (SSSR count). The van der Waals surface area contributed by atoms with Gasteiger partial charge in [0, 0.05) is 29.9 Å². The van der Waals surface area contributed by atoms with Gasteiger partial charge in [-0.1, -0.05) is 11.6 Å². The molecule has 2 heterocycles. The smallest absolute Gasteiger partial charge is 0.220 e. The van der Waals surface area contributed by atoms with Gasteiger partial charge in [-0.05, 0) is 37.3 Å². The summed E-state index contributed by atoms with van der Waals surface area (Å²) in [7, 11) is 0. The van der Waals surface area contributed by atoms with Crippen molar-refractivity contribution in [3.8, 4) is 0 Å². The molecule has 1 fully saturated rings. The van der Waals surface area contributed by atoms with E-state index in [9.17, 15) is 4.79 Å². The van der Waals surface area contributed by atoms with Gasteiger partial charge < -0.3 is 10.6 Å². The molecular formula is C13H17ClN2OS. The molecule has 18 heavy (non-hydrogen) atoms. The summed E-state index contributed by atoms with van der Waals surface area (Å²) in [5, 5.41) is 6.61. The molecule has 1 aromatic rings. The third-order valence-corrected chi connectivity index (χ3v) is 5.13. The molecule has 0 spiro atoms. The largest absolute Gasteiger partial charge is 0.355 e. The molecule has 98 valence electrons. The van der Waals surface area contributed by atoms with E-state index in [4.69, 9.17) is 11.6 Å². The highest BCUT2D eigenvalue weighted by Crippen LogP contribution is 2.38. The van der Waals surface area contributed by atoms with Crippen molar-refractivity contribution in [1.29, 1.82) is 0 Å². The van der Waals surface area contributed by atoms with Gasteiger partial charge >= 0.3 is 0 Å². The van der Waals surface area contributed by atoms with Gasteiger partial charge in [0.2, 0.25) is 5.91 Å². The van der Waals surface area contributed by atoms with Crippen molar-refractivity contribution < 1.29 is 4.79 Å². The van der Waals surface area contributed by atoms with E-state index < -0.39 is 0 Å². The molecule has 1 saturated heterocycles. The van der Waals surface area contributed by atoms with Gasteiger partial charge in [-0.3, -0.25) is 4.79 Å². The summed E-state index contributed by atoms with van der Waals surface area (Å²) in [5.41, 5.74) is 1.38. The number of carbonyl (C=O) groups is 1. The van der Waals surface area contributed by atoms with Crippen LogP contribution in [0.1, 0.15) is 42.2 Å². The van der Waals surface area contributed by atoms with Crippen LogP contribution in [-0.2, 0) is 11.2 Å². The quantitative estimate of drug-likeness (QED) is 0.877. The summed E-state index contributed by atoms with van der Waals surface area (Å²) in [5.74, 6) is 0.177. The van der Waals surface area contributed by atoms with E-state index in [0.29, 0.717) is 18.5 Å². The van der Waals surface area contributed by atoms with Crippen molar-refractivity contribution in [2.45, 2.75) is 44.2 Å². The first-order valence-electron chi connectivity index (χ1n) is 6.53. The van der Waals surface area contributed by atoms with Crippen LogP contribution in [0, 0.1) is 0 Å². The molecule has 0 radical (unpaired) electrons. The number of hydrogen-bond acceptors (Lipinski definition) is 3. The molecule has 2 atom stereocenters. The van der Waals surface area contributed by atoms with Gasteiger partial charge in [0.1, 0.15) is 0 Å². The molecule has 1 aromatic heterocycles. The summed E-state index contributed by atoms with van der Waals surface area (Å²) in [6.45, 7) is 0.753. The Morgan fingerprint density at radius 2 is 2.28 bits per heavy atom. The highest BCUT2D eigenvalue weighted by molar-refractivity contribution is 7.16. The maximum absolute atomic E-state index is 11.1. The summed E-state index contributed by atoms with van der Waals surface area (Å²) in [6, 6.07) is 2.93. The number of amides is 1. The van der Waals surface area contributed by atoms with Gasteiger partial charge in [0.25, 0.3) is 0 Å². The SMILES string of the molecule is O=C1CCC(NC2CCCc3sc(Cl)cc32)CN1. The number of fused-ring (bicyclic) bond motifs is 1. The lowest BCUT2D eigenvalue weighted by Crippen LogP contribution is -2.47. The zero-order valence-corrected chi connectivity index (χ0v) is 11.7. The first-order valence-corrected chi connectivity index (χ1v) is 7.72. The normalized spacial score (nSPS) is 27.7. The maximum atomic E-state index is 11.1. The Morgan fingerprint density at radius 3 is 3.06 bits per heavy atom.